The number of nitrogens with one attached hydrogen (secondary N) is 1. The molecular formula is C24H22Cl2N2O3. The largest absolute Gasteiger partial charge is 0.386 e. The molecule has 0 saturated heterocycles. The molecule has 0 aromatic heterocycles. The van der Waals surface area contributed by atoms with E-state index in [1.807, 2.05) is 0 Å². The van der Waals surface area contributed by atoms with Gasteiger partial charge in [-0.2, -0.15) is 0 Å². The summed E-state index contributed by atoms with van der Waals surface area (Å²) in [6, 6.07) is 19.2. The number of aliphatic hydroxyl groups excluding tert-OH is 1. The minimum absolute atomic E-state index is 0.100. The van der Waals surface area contributed by atoms with Crippen molar-refractivity contribution in [2.45, 2.75) is 26.0 Å². The Balaban J connectivity index is 1.93. The highest BCUT2D eigenvalue weighted by Gasteiger charge is 2.29. The molecule has 0 saturated carbocycles. The number of halogens is 2. The Bertz CT molecular complexity index is 1070. The first kappa shape index (κ1) is 22.8. The number of Topliss-reactive ketones (excluding diaryl/α,β-unsaturated/α-hetero) is 1. The fourth-order valence-corrected chi connectivity index (χ4v) is 3.47. The van der Waals surface area contributed by atoms with Crippen molar-refractivity contribution in [3.8, 4) is 0 Å². The van der Waals surface area contributed by atoms with Gasteiger partial charge in [0.25, 0.3) is 0 Å². The Kier molecular flexibility index (Phi) is 7.33. The van der Waals surface area contributed by atoms with Crippen LogP contribution < -0.4 is 10.2 Å². The molecular weight excluding hydrogens is 435 g/mol. The van der Waals surface area contributed by atoms with E-state index in [0.29, 0.717) is 32.5 Å². The highest BCUT2D eigenvalue weighted by molar-refractivity contribution is 6.31. The van der Waals surface area contributed by atoms with E-state index in [1.54, 1.807) is 79.7 Å². The summed E-state index contributed by atoms with van der Waals surface area (Å²) in [4.78, 5) is 26.4. The maximum Gasteiger partial charge on any atom is 0.326 e. The Hall–Kier alpha value is -2.86. The van der Waals surface area contributed by atoms with E-state index in [2.05, 4.69) is 5.32 Å². The number of carbonyl (C=O) groups is 2. The van der Waals surface area contributed by atoms with Gasteiger partial charge in [-0.3, -0.25) is 9.69 Å². The molecule has 2 amide bonds. The van der Waals surface area contributed by atoms with Crippen molar-refractivity contribution in [1.29, 1.82) is 0 Å². The van der Waals surface area contributed by atoms with E-state index in [4.69, 9.17) is 23.2 Å². The Morgan fingerprint density at radius 3 is 2.10 bits per heavy atom. The first-order valence-electron chi connectivity index (χ1n) is 9.66. The number of hydrogen-bond acceptors (Lipinski definition) is 3. The number of rotatable bonds is 6. The van der Waals surface area contributed by atoms with E-state index < -0.39 is 18.2 Å². The van der Waals surface area contributed by atoms with Crippen LogP contribution >= 0.6 is 23.2 Å². The third kappa shape index (κ3) is 5.64. The van der Waals surface area contributed by atoms with E-state index in [0.717, 1.165) is 0 Å². The minimum atomic E-state index is -1.04. The number of anilines is 2. The van der Waals surface area contributed by atoms with Gasteiger partial charge in [-0.15, -0.1) is 0 Å². The van der Waals surface area contributed by atoms with Crippen molar-refractivity contribution >= 4 is 46.4 Å². The van der Waals surface area contributed by atoms with Crippen molar-refractivity contribution in [3.63, 3.8) is 0 Å². The molecule has 31 heavy (non-hydrogen) atoms. The monoisotopic (exact) mass is 456 g/mol. The zero-order valence-electron chi connectivity index (χ0n) is 17.0. The van der Waals surface area contributed by atoms with Crippen LogP contribution in [0.1, 0.15) is 35.9 Å². The summed E-state index contributed by atoms with van der Waals surface area (Å²) in [6.45, 7) is 3.20. The molecule has 0 radical (unpaired) electrons. The standard InChI is InChI=1S/C24H22Cl2N2O3/c1-15(23(30)18-5-3-4-17(14-18)16(2)29)28(22-12-8-20(26)9-13-22)24(31)27-21-10-6-19(25)7-11-21/h3-15,23,30H,1-2H3,(H,27,31). The van der Waals surface area contributed by atoms with E-state index in [9.17, 15) is 14.7 Å². The van der Waals surface area contributed by atoms with Gasteiger partial charge in [-0.1, -0.05) is 41.4 Å². The highest BCUT2D eigenvalue weighted by Crippen LogP contribution is 2.28. The number of aliphatic hydroxyl groups is 1. The Morgan fingerprint density at radius 2 is 1.52 bits per heavy atom. The minimum Gasteiger partial charge on any atom is -0.386 e. The van der Waals surface area contributed by atoms with Gasteiger partial charge in [0.05, 0.1) is 12.1 Å². The van der Waals surface area contributed by atoms with Crippen molar-refractivity contribution in [1.82, 2.24) is 0 Å². The van der Waals surface area contributed by atoms with Gasteiger partial charge in [-0.25, -0.2) is 4.79 Å². The molecule has 2 unspecified atom stereocenters. The molecule has 0 aliphatic carbocycles. The fourth-order valence-electron chi connectivity index (χ4n) is 3.22. The summed E-state index contributed by atoms with van der Waals surface area (Å²) in [6.07, 6.45) is -1.04. The predicted molar refractivity (Wildman–Crippen MR) is 125 cm³/mol. The van der Waals surface area contributed by atoms with Crippen LogP contribution in [0, 0.1) is 0 Å². The Labute approximate surface area is 191 Å². The quantitative estimate of drug-likeness (QED) is 0.424. The van der Waals surface area contributed by atoms with E-state index >= 15 is 0 Å². The normalized spacial score (nSPS) is 12.7. The second-order valence-electron chi connectivity index (χ2n) is 7.15. The van der Waals surface area contributed by atoms with Crippen LogP contribution in [0.4, 0.5) is 16.2 Å². The summed E-state index contributed by atoms with van der Waals surface area (Å²) < 4.78 is 0. The SMILES string of the molecule is CC(=O)c1cccc(C(O)C(C)N(C(=O)Nc2ccc(Cl)cc2)c2ccc(Cl)cc2)c1. The number of carbonyl (C=O) groups excluding carboxylic acids is 2. The van der Waals surface area contributed by atoms with Crippen molar-refractivity contribution in [3.05, 3.63) is 94.0 Å². The smallest absolute Gasteiger partial charge is 0.326 e. The van der Waals surface area contributed by atoms with Gasteiger partial charge in [0.15, 0.2) is 5.78 Å². The second-order valence-corrected chi connectivity index (χ2v) is 8.02. The molecule has 5 nitrogen and oxygen atoms in total. The van der Waals surface area contributed by atoms with Crippen LogP contribution in [0.15, 0.2) is 72.8 Å². The third-order valence-corrected chi connectivity index (χ3v) is 5.42. The molecule has 0 bridgehead atoms. The maximum atomic E-state index is 13.2. The number of hydrogen-bond donors (Lipinski definition) is 2. The first-order chi connectivity index (χ1) is 14.8. The lowest BCUT2D eigenvalue weighted by atomic mass is 9.98. The van der Waals surface area contributed by atoms with Crippen molar-refractivity contribution < 1.29 is 14.7 Å². The lowest BCUT2D eigenvalue weighted by molar-refractivity contribution is 0.101. The third-order valence-electron chi connectivity index (χ3n) is 4.92. The van der Waals surface area contributed by atoms with Gasteiger partial charge in [-0.05, 0) is 74.0 Å². The molecule has 160 valence electrons. The summed E-state index contributed by atoms with van der Waals surface area (Å²) in [5.74, 6) is -0.100. The molecule has 3 aromatic carbocycles. The summed E-state index contributed by atoms with van der Waals surface area (Å²) in [7, 11) is 0. The van der Waals surface area contributed by atoms with Crippen LogP contribution in [0.5, 0.6) is 0 Å². The zero-order valence-corrected chi connectivity index (χ0v) is 18.6. The lowest BCUT2D eigenvalue weighted by Crippen LogP contribution is -2.44. The van der Waals surface area contributed by atoms with Gasteiger partial charge in [0, 0.05) is 27.0 Å². The highest BCUT2D eigenvalue weighted by atomic mass is 35.5. The van der Waals surface area contributed by atoms with Gasteiger partial charge >= 0.3 is 6.03 Å². The van der Waals surface area contributed by atoms with Crippen LogP contribution in [-0.4, -0.2) is 23.0 Å². The zero-order chi connectivity index (χ0) is 22.5. The Morgan fingerprint density at radius 1 is 0.935 bits per heavy atom. The predicted octanol–water partition coefficient (Wildman–Crippen LogP) is 6.36. The topological polar surface area (TPSA) is 69.6 Å². The molecule has 0 aliphatic heterocycles. The van der Waals surface area contributed by atoms with Gasteiger partial charge in [0.2, 0.25) is 0 Å². The van der Waals surface area contributed by atoms with Crippen molar-refractivity contribution in [2.24, 2.45) is 0 Å². The van der Waals surface area contributed by atoms with Crippen molar-refractivity contribution in [2.75, 3.05) is 10.2 Å². The van der Waals surface area contributed by atoms with Crippen LogP contribution in [0.3, 0.4) is 0 Å². The molecule has 3 rings (SSSR count). The molecule has 0 heterocycles. The van der Waals surface area contributed by atoms with E-state index in [-0.39, 0.29) is 5.78 Å². The molecule has 0 spiro atoms. The number of amides is 2. The molecule has 3 aromatic rings. The molecule has 7 heteroatoms. The molecule has 0 aliphatic rings. The van der Waals surface area contributed by atoms with Gasteiger partial charge < -0.3 is 10.4 Å². The second kappa shape index (κ2) is 9.96. The van der Waals surface area contributed by atoms with Gasteiger partial charge in [0.1, 0.15) is 0 Å². The van der Waals surface area contributed by atoms with Crippen LogP contribution in [0.2, 0.25) is 10.0 Å². The first-order valence-corrected chi connectivity index (χ1v) is 10.4. The lowest BCUT2D eigenvalue weighted by Gasteiger charge is -2.33. The molecule has 0 fully saturated rings. The number of urea groups is 1. The average Bonchev–Trinajstić information content (AvgIpc) is 2.76. The molecule has 2 atom stereocenters. The maximum absolute atomic E-state index is 13.2. The number of ketones is 1. The summed E-state index contributed by atoms with van der Waals surface area (Å²) in [5.41, 5.74) is 2.16. The number of benzene rings is 3. The van der Waals surface area contributed by atoms with Crippen LogP contribution in [0.25, 0.3) is 0 Å². The van der Waals surface area contributed by atoms with Crippen LogP contribution in [-0.2, 0) is 0 Å². The summed E-state index contributed by atoms with van der Waals surface area (Å²) in [5, 5.41) is 15.0. The van der Waals surface area contributed by atoms with E-state index in [1.165, 1.54) is 11.8 Å². The average molecular weight is 457 g/mol. The summed E-state index contributed by atoms with van der Waals surface area (Å²) >= 11 is 11.9. The fraction of sp³-hybridized carbons (Fsp3) is 0.167. The number of nitrogens with zero attached hydrogens (tertiary/aromatic N) is 1. The molecule has 2 N–H and O–H groups in total.